The van der Waals surface area contributed by atoms with Crippen LogP contribution in [0.15, 0.2) is 52.9 Å². The Kier molecular flexibility index (Phi) is 11.5. The van der Waals surface area contributed by atoms with Crippen molar-refractivity contribution in [3.05, 3.63) is 80.6 Å². The highest BCUT2D eigenvalue weighted by Crippen LogP contribution is 2.33. The first-order chi connectivity index (χ1) is 24.8. The average molecular weight is 732 g/mol. The van der Waals surface area contributed by atoms with Crippen LogP contribution in [0.3, 0.4) is 0 Å². The number of para-hydroxylation sites is 2. The molecule has 2 aromatic carbocycles. The molecule has 4 heterocycles. The Labute approximate surface area is 307 Å². The molecule has 3 fully saturated rings. The van der Waals surface area contributed by atoms with Gasteiger partial charge >= 0.3 is 0 Å². The molecule has 12 heteroatoms. The second kappa shape index (κ2) is 16.4. The van der Waals surface area contributed by atoms with Crippen LogP contribution in [0.1, 0.15) is 95.5 Å². The summed E-state index contributed by atoms with van der Waals surface area (Å²) in [6, 6.07) is 13.1. The highest BCUT2D eigenvalue weighted by atomic mass is 35.5. The third-order valence-corrected chi connectivity index (χ3v) is 12.1. The highest BCUT2D eigenvalue weighted by Gasteiger charge is 2.42. The number of likely N-dealkylation sites (tertiary alicyclic amines) is 1. The van der Waals surface area contributed by atoms with Crippen LogP contribution in [0.2, 0.25) is 5.02 Å². The van der Waals surface area contributed by atoms with Crippen LogP contribution in [0, 0.1) is 12.8 Å². The minimum absolute atomic E-state index is 0.00982. The number of hydrogen-bond acceptors (Lipinski definition) is 9. The van der Waals surface area contributed by atoms with E-state index in [0.717, 1.165) is 72.8 Å². The van der Waals surface area contributed by atoms with Crippen molar-refractivity contribution in [3.8, 4) is 0 Å². The largest absolute Gasteiger partial charge is 0.434 e. The maximum Gasteiger partial charge on any atom is 0.266 e. The van der Waals surface area contributed by atoms with Crippen LogP contribution in [-0.2, 0) is 27.4 Å². The number of oxazole rings is 1. The van der Waals surface area contributed by atoms with E-state index in [1.807, 2.05) is 43.3 Å². The Morgan fingerprint density at radius 2 is 1.80 bits per heavy atom. The summed E-state index contributed by atoms with van der Waals surface area (Å²) >= 11 is 7.76. The Morgan fingerprint density at radius 1 is 1.04 bits per heavy atom. The van der Waals surface area contributed by atoms with Gasteiger partial charge in [-0.15, -0.1) is 11.3 Å². The van der Waals surface area contributed by atoms with Crippen molar-refractivity contribution in [2.75, 3.05) is 19.6 Å². The van der Waals surface area contributed by atoms with Crippen molar-refractivity contribution in [3.63, 3.8) is 0 Å². The van der Waals surface area contributed by atoms with E-state index in [0.29, 0.717) is 47.4 Å². The summed E-state index contributed by atoms with van der Waals surface area (Å²) in [5.74, 6) is -0.196. The number of thiazole rings is 1. The molecule has 3 aliphatic rings. The SMILES string of the molecule is Cc1sc(C2CCNCC2)nc1CC(=O)N1C[C@H](OCc2ccc(Cl)cc2)C[C@H]1C(=O)N[C@@H](CC1CCCCC1)C(=O)c1nc2ccccc2o1. The molecule has 2 saturated heterocycles. The fourth-order valence-electron chi connectivity index (χ4n) is 7.72. The third-order valence-electron chi connectivity index (χ3n) is 10.6. The van der Waals surface area contributed by atoms with Crippen molar-refractivity contribution in [1.29, 1.82) is 0 Å². The first-order valence-electron chi connectivity index (χ1n) is 18.3. The standard InChI is InChI=1S/C39H46ClN5O5S/c1-24-31(44-39(51-24)27-15-17-41-18-16-27)21-35(46)45-22-29(49-23-26-11-13-28(40)14-12-26)20-33(45)37(48)42-32(19-25-7-3-2-4-8-25)36(47)38-43-30-9-5-6-10-34(30)50-38/h5-6,9-14,25,27,29,32-33,41H,2-4,7-8,15-23H2,1H3,(H,42,48)/t29-,32+,33+/m1/s1. The van der Waals surface area contributed by atoms with E-state index in [4.69, 9.17) is 25.7 Å². The number of aromatic nitrogens is 2. The number of amides is 2. The molecular weight excluding hydrogens is 686 g/mol. The van der Waals surface area contributed by atoms with Crippen molar-refractivity contribution in [1.82, 2.24) is 25.5 Å². The highest BCUT2D eigenvalue weighted by molar-refractivity contribution is 7.11. The number of nitrogens with zero attached hydrogens (tertiary/aromatic N) is 3. The van der Waals surface area contributed by atoms with E-state index in [9.17, 15) is 14.4 Å². The maximum atomic E-state index is 14.3. The number of rotatable bonds is 12. The molecule has 270 valence electrons. The molecule has 51 heavy (non-hydrogen) atoms. The number of hydrogen-bond donors (Lipinski definition) is 2. The van der Waals surface area contributed by atoms with E-state index >= 15 is 0 Å². The minimum atomic E-state index is -0.826. The van der Waals surface area contributed by atoms with Crippen LogP contribution < -0.4 is 10.6 Å². The smallest absolute Gasteiger partial charge is 0.266 e. The molecule has 7 rings (SSSR count). The number of halogens is 1. The summed E-state index contributed by atoms with van der Waals surface area (Å²) in [7, 11) is 0. The zero-order chi connectivity index (χ0) is 35.3. The number of Topliss-reactive ketones (excluding diaryl/α,β-unsaturated/α-hetero) is 1. The third kappa shape index (κ3) is 8.71. The van der Waals surface area contributed by atoms with Crippen LogP contribution in [0.4, 0.5) is 0 Å². The molecule has 0 unspecified atom stereocenters. The summed E-state index contributed by atoms with van der Waals surface area (Å²) in [5, 5.41) is 8.22. The van der Waals surface area contributed by atoms with Crippen LogP contribution in [0.5, 0.6) is 0 Å². The van der Waals surface area contributed by atoms with Crippen LogP contribution in [-0.4, -0.2) is 70.3 Å². The van der Waals surface area contributed by atoms with Gasteiger partial charge in [0.1, 0.15) is 11.6 Å². The average Bonchev–Trinajstić information content (AvgIpc) is 3.89. The first kappa shape index (κ1) is 35.7. The Hall–Kier alpha value is -3.64. The van der Waals surface area contributed by atoms with E-state index in [2.05, 4.69) is 15.6 Å². The Balaban J connectivity index is 1.10. The lowest BCUT2D eigenvalue weighted by molar-refractivity contribution is -0.138. The monoisotopic (exact) mass is 731 g/mol. The van der Waals surface area contributed by atoms with Crippen molar-refractivity contribution < 1.29 is 23.5 Å². The molecular formula is C39H46ClN5O5S. The van der Waals surface area contributed by atoms with E-state index in [-0.39, 0.29) is 42.6 Å². The molecule has 1 aliphatic carbocycles. The van der Waals surface area contributed by atoms with Gasteiger partial charge in [0.25, 0.3) is 5.89 Å². The summed E-state index contributed by atoms with van der Waals surface area (Å²) < 4.78 is 12.2. The molecule has 0 radical (unpaired) electrons. The molecule has 3 atom stereocenters. The molecule has 1 saturated carbocycles. The predicted molar refractivity (Wildman–Crippen MR) is 197 cm³/mol. The number of carbonyl (C=O) groups excluding carboxylic acids is 3. The van der Waals surface area contributed by atoms with Gasteiger partial charge in [0.05, 0.1) is 35.9 Å². The Bertz CT molecular complexity index is 1800. The second-order valence-corrected chi connectivity index (χ2v) is 15.9. The number of piperidine rings is 1. The van der Waals surface area contributed by atoms with Crippen LogP contribution >= 0.6 is 22.9 Å². The molecule has 0 spiro atoms. The number of aryl methyl sites for hydroxylation is 1. The van der Waals surface area contributed by atoms with E-state index in [1.54, 1.807) is 28.4 Å². The fourth-order valence-corrected chi connectivity index (χ4v) is 8.96. The van der Waals surface area contributed by atoms with E-state index in [1.165, 1.54) is 6.42 Å². The second-order valence-electron chi connectivity index (χ2n) is 14.3. The van der Waals surface area contributed by atoms with Crippen molar-refractivity contribution in [2.45, 2.75) is 102 Å². The summed E-state index contributed by atoms with van der Waals surface area (Å²) in [4.78, 5) is 54.5. The number of fused-ring (bicyclic) bond motifs is 1. The van der Waals surface area contributed by atoms with Gasteiger partial charge in [0.2, 0.25) is 17.6 Å². The zero-order valence-corrected chi connectivity index (χ0v) is 30.6. The summed E-state index contributed by atoms with van der Waals surface area (Å²) in [6.07, 6.45) is 8.03. The van der Waals surface area contributed by atoms with Gasteiger partial charge in [-0.2, -0.15) is 0 Å². The van der Waals surface area contributed by atoms with Gasteiger partial charge in [0.15, 0.2) is 5.58 Å². The number of ketones is 1. The lowest BCUT2D eigenvalue weighted by Gasteiger charge is -2.28. The van der Waals surface area contributed by atoms with Gasteiger partial charge in [-0.1, -0.05) is 68.0 Å². The topological polar surface area (TPSA) is 127 Å². The van der Waals surface area contributed by atoms with Crippen LogP contribution in [0.25, 0.3) is 11.1 Å². The maximum absolute atomic E-state index is 14.3. The molecule has 2 N–H and O–H groups in total. The molecule has 2 amide bonds. The van der Waals surface area contributed by atoms with Gasteiger partial charge in [-0.25, -0.2) is 9.97 Å². The van der Waals surface area contributed by atoms with Gasteiger partial charge in [-0.05, 0) is 75.0 Å². The van der Waals surface area contributed by atoms with Crippen molar-refractivity contribution >= 4 is 51.6 Å². The zero-order valence-electron chi connectivity index (χ0n) is 29.1. The normalized spacial score (nSPS) is 20.9. The lowest BCUT2D eigenvalue weighted by Crippen LogP contribution is -2.51. The summed E-state index contributed by atoms with van der Waals surface area (Å²) in [5.41, 5.74) is 2.84. The molecule has 2 aliphatic heterocycles. The minimum Gasteiger partial charge on any atom is -0.434 e. The predicted octanol–water partition coefficient (Wildman–Crippen LogP) is 6.78. The summed E-state index contributed by atoms with van der Waals surface area (Å²) in [6.45, 7) is 4.54. The molecule has 0 bridgehead atoms. The molecule has 4 aromatic rings. The van der Waals surface area contributed by atoms with Gasteiger partial charge in [0, 0.05) is 28.8 Å². The van der Waals surface area contributed by atoms with Gasteiger partial charge in [-0.3, -0.25) is 14.4 Å². The number of benzene rings is 2. The van der Waals surface area contributed by atoms with Gasteiger partial charge < -0.3 is 24.7 Å². The quantitative estimate of drug-likeness (QED) is 0.153. The Morgan fingerprint density at radius 3 is 2.57 bits per heavy atom. The molecule has 2 aromatic heterocycles. The number of nitrogens with one attached hydrogen (secondary N) is 2. The van der Waals surface area contributed by atoms with E-state index < -0.39 is 12.1 Å². The number of carbonyl (C=O) groups is 3. The lowest BCUT2D eigenvalue weighted by atomic mass is 9.84. The number of ether oxygens (including phenoxy) is 1. The molecule has 10 nitrogen and oxygen atoms in total. The fraction of sp³-hybridized carbons (Fsp3) is 0.513. The first-order valence-corrected chi connectivity index (χ1v) is 19.5. The van der Waals surface area contributed by atoms with Crippen molar-refractivity contribution in [2.24, 2.45) is 5.92 Å².